The van der Waals surface area contributed by atoms with Crippen LogP contribution in [-0.2, 0) is 6.61 Å². The van der Waals surface area contributed by atoms with Crippen LogP contribution in [0.2, 0.25) is 5.02 Å². The van der Waals surface area contributed by atoms with E-state index in [1.54, 1.807) is 25.1 Å². The topological polar surface area (TPSA) is 69.6 Å². The molecule has 0 aliphatic carbocycles. The molecule has 0 aliphatic rings. The molecule has 2 rings (SSSR count). The fourth-order valence-electron chi connectivity index (χ4n) is 1.92. The molecule has 110 valence electrons. The highest BCUT2D eigenvalue weighted by Gasteiger charge is 2.14. The Balaban J connectivity index is 2.33. The third-order valence-electron chi connectivity index (χ3n) is 3.15. The first-order chi connectivity index (χ1) is 9.93. The Morgan fingerprint density at radius 3 is 2.76 bits per heavy atom. The van der Waals surface area contributed by atoms with Crippen LogP contribution in [0.4, 0.5) is 10.1 Å². The molecule has 0 aromatic heterocycles. The lowest BCUT2D eigenvalue weighted by Gasteiger charge is -2.11. The number of aliphatic hydroxyl groups is 1. The van der Waals surface area contributed by atoms with Crippen molar-refractivity contribution in [3.05, 3.63) is 57.9 Å². The lowest BCUT2D eigenvalue weighted by molar-refractivity contribution is 0.102. The summed E-state index contributed by atoms with van der Waals surface area (Å²) in [7, 11) is 0. The zero-order chi connectivity index (χ0) is 15.6. The number of hydrogen-bond acceptors (Lipinski definition) is 3. The minimum absolute atomic E-state index is 0.0261. The number of rotatable bonds is 3. The van der Waals surface area contributed by atoms with Crippen molar-refractivity contribution in [3.8, 4) is 5.75 Å². The zero-order valence-corrected chi connectivity index (χ0v) is 11.9. The molecule has 6 heteroatoms. The highest BCUT2D eigenvalue weighted by Crippen LogP contribution is 2.29. The van der Waals surface area contributed by atoms with Gasteiger partial charge in [-0.1, -0.05) is 23.7 Å². The van der Waals surface area contributed by atoms with E-state index in [4.69, 9.17) is 11.6 Å². The Hall–Kier alpha value is -2.11. The van der Waals surface area contributed by atoms with Gasteiger partial charge in [0, 0.05) is 17.7 Å². The van der Waals surface area contributed by atoms with Crippen molar-refractivity contribution < 1.29 is 19.4 Å². The van der Waals surface area contributed by atoms with Crippen LogP contribution in [0.5, 0.6) is 5.75 Å². The predicted octanol–water partition coefficient (Wildman–Crippen LogP) is 3.24. The van der Waals surface area contributed by atoms with E-state index in [-0.39, 0.29) is 17.3 Å². The van der Waals surface area contributed by atoms with Gasteiger partial charge in [-0.3, -0.25) is 4.79 Å². The molecule has 2 aromatic rings. The van der Waals surface area contributed by atoms with Gasteiger partial charge >= 0.3 is 0 Å². The highest BCUT2D eigenvalue weighted by atomic mass is 35.5. The van der Waals surface area contributed by atoms with Gasteiger partial charge in [0.1, 0.15) is 0 Å². The number of nitrogens with one attached hydrogen (secondary N) is 1. The van der Waals surface area contributed by atoms with Gasteiger partial charge in [-0.25, -0.2) is 4.39 Å². The summed E-state index contributed by atoms with van der Waals surface area (Å²) >= 11 is 5.85. The van der Waals surface area contributed by atoms with E-state index in [9.17, 15) is 19.4 Å². The van der Waals surface area contributed by atoms with Crippen LogP contribution in [-0.4, -0.2) is 16.1 Å². The lowest BCUT2D eigenvalue weighted by atomic mass is 10.0. The van der Waals surface area contributed by atoms with E-state index < -0.39 is 17.5 Å². The summed E-state index contributed by atoms with van der Waals surface area (Å²) in [5.74, 6) is -1.94. The number of carbonyl (C=O) groups is 1. The first-order valence-electron chi connectivity index (χ1n) is 6.12. The number of halogens is 2. The normalized spacial score (nSPS) is 10.5. The second-order valence-corrected chi connectivity index (χ2v) is 4.89. The van der Waals surface area contributed by atoms with Crippen LogP contribution in [0.1, 0.15) is 21.5 Å². The van der Waals surface area contributed by atoms with Crippen LogP contribution in [0.15, 0.2) is 30.3 Å². The Morgan fingerprint density at radius 1 is 1.38 bits per heavy atom. The number of amides is 1. The van der Waals surface area contributed by atoms with Gasteiger partial charge in [0.05, 0.1) is 17.3 Å². The number of benzene rings is 2. The first kappa shape index (κ1) is 15.3. The largest absolute Gasteiger partial charge is 0.505 e. The van der Waals surface area contributed by atoms with Crippen molar-refractivity contribution in [1.29, 1.82) is 0 Å². The van der Waals surface area contributed by atoms with Gasteiger partial charge in [0.25, 0.3) is 5.91 Å². The van der Waals surface area contributed by atoms with Gasteiger partial charge in [-0.15, -0.1) is 0 Å². The SMILES string of the molecule is Cc1c(CO)cccc1C(=O)Nc1cc(F)c(O)cc1Cl. The van der Waals surface area contributed by atoms with Gasteiger partial charge in [0.15, 0.2) is 11.6 Å². The van der Waals surface area contributed by atoms with E-state index >= 15 is 0 Å². The van der Waals surface area contributed by atoms with Crippen molar-refractivity contribution in [2.75, 3.05) is 5.32 Å². The van der Waals surface area contributed by atoms with Crippen molar-refractivity contribution in [2.24, 2.45) is 0 Å². The molecular formula is C15H13ClFNO3. The maximum atomic E-state index is 13.3. The van der Waals surface area contributed by atoms with E-state index in [2.05, 4.69) is 5.32 Å². The minimum Gasteiger partial charge on any atom is -0.505 e. The Labute approximate surface area is 125 Å². The Morgan fingerprint density at radius 2 is 2.10 bits per heavy atom. The number of aliphatic hydroxyl groups excluding tert-OH is 1. The summed E-state index contributed by atoms with van der Waals surface area (Å²) in [5.41, 5.74) is 1.68. The average Bonchev–Trinajstić information content (AvgIpc) is 2.44. The summed E-state index contributed by atoms with van der Waals surface area (Å²) in [5, 5.41) is 20.9. The molecule has 0 radical (unpaired) electrons. The summed E-state index contributed by atoms with van der Waals surface area (Å²) in [6.45, 7) is 1.53. The molecule has 21 heavy (non-hydrogen) atoms. The number of aromatic hydroxyl groups is 1. The van der Waals surface area contributed by atoms with Crippen LogP contribution in [0.3, 0.4) is 0 Å². The van der Waals surface area contributed by atoms with Crippen LogP contribution in [0.25, 0.3) is 0 Å². The molecule has 0 unspecified atom stereocenters. The van der Waals surface area contributed by atoms with Crippen LogP contribution >= 0.6 is 11.6 Å². The molecule has 4 nitrogen and oxygen atoms in total. The second-order valence-electron chi connectivity index (χ2n) is 4.49. The van der Waals surface area contributed by atoms with Crippen molar-refractivity contribution in [2.45, 2.75) is 13.5 Å². The summed E-state index contributed by atoms with van der Waals surface area (Å²) in [6.07, 6.45) is 0. The van der Waals surface area contributed by atoms with Gasteiger partial charge in [-0.05, 0) is 24.1 Å². The zero-order valence-electron chi connectivity index (χ0n) is 11.2. The molecule has 0 saturated heterocycles. The number of carbonyl (C=O) groups excluding carboxylic acids is 1. The van der Waals surface area contributed by atoms with Crippen molar-refractivity contribution in [1.82, 2.24) is 0 Å². The van der Waals surface area contributed by atoms with E-state index in [1.165, 1.54) is 0 Å². The number of anilines is 1. The maximum absolute atomic E-state index is 13.3. The summed E-state index contributed by atoms with van der Waals surface area (Å²) < 4.78 is 13.3. The number of phenols is 1. The molecular weight excluding hydrogens is 297 g/mol. The minimum atomic E-state index is -0.879. The van der Waals surface area contributed by atoms with Crippen molar-refractivity contribution >= 4 is 23.2 Å². The van der Waals surface area contributed by atoms with Crippen LogP contribution in [0, 0.1) is 12.7 Å². The lowest BCUT2D eigenvalue weighted by Crippen LogP contribution is -2.14. The van der Waals surface area contributed by atoms with Gasteiger partial charge < -0.3 is 15.5 Å². The molecule has 0 heterocycles. The predicted molar refractivity (Wildman–Crippen MR) is 78.1 cm³/mol. The number of hydrogen-bond donors (Lipinski definition) is 3. The second kappa shape index (κ2) is 6.11. The van der Waals surface area contributed by atoms with Gasteiger partial charge in [0.2, 0.25) is 0 Å². The fourth-order valence-corrected chi connectivity index (χ4v) is 2.13. The third kappa shape index (κ3) is 3.15. The summed E-state index contributed by atoms with van der Waals surface area (Å²) in [4.78, 5) is 12.2. The molecule has 2 aromatic carbocycles. The summed E-state index contributed by atoms with van der Waals surface area (Å²) in [6, 6.07) is 6.91. The highest BCUT2D eigenvalue weighted by molar-refractivity contribution is 6.34. The molecule has 0 saturated carbocycles. The fraction of sp³-hybridized carbons (Fsp3) is 0.133. The molecule has 0 spiro atoms. The quantitative estimate of drug-likeness (QED) is 0.762. The molecule has 0 aliphatic heterocycles. The molecule has 0 atom stereocenters. The number of phenolic OH excluding ortho intramolecular Hbond substituents is 1. The van der Waals surface area contributed by atoms with E-state index in [0.717, 1.165) is 12.1 Å². The molecule has 1 amide bonds. The van der Waals surface area contributed by atoms with Crippen LogP contribution < -0.4 is 5.32 Å². The Kier molecular flexibility index (Phi) is 4.45. The van der Waals surface area contributed by atoms with E-state index in [1.807, 2.05) is 0 Å². The molecule has 0 bridgehead atoms. The average molecular weight is 310 g/mol. The monoisotopic (exact) mass is 309 g/mol. The Bertz CT molecular complexity index is 704. The first-order valence-corrected chi connectivity index (χ1v) is 6.50. The third-order valence-corrected chi connectivity index (χ3v) is 3.46. The smallest absolute Gasteiger partial charge is 0.255 e. The van der Waals surface area contributed by atoms with Crippen molar-refractivity contribution in [3.63, 3.8) is 0 Å². The van der Waals surface area contributed by atoms with Gasteiger partial charge in [-0.2, -0.15) is 0 Å². The standard InChI is InChI=1S/C15H13ClFNO3/c1-8-9(7-19)3-2-4-10(8)15(21)18-13-6-12(17)14(20)5-11(13)16/h2-6,19-20H,7H2,1H3,(H,18,21). The maximum Gasteiger partial charge on any atom is 0.255 e. The molecule has 3 N–H and O–H groups in total. The molecule has 0 fully saturated rings. The van der Waals surface area contributed by atoms with E-state index in [0.29, 0.717) is 16.7 Å².